The fraction of sp³-hybridized carbons (Fsp3) is 0.562. The summed E-state index contributed by atoms with van der Waals surface area (Å²) in [7, 11) is 2.04. The van der Waals surface area contributed by atoms with Crippen molar-refractivity contribution < 1.29 is 4.42 Å². The molecule has 1 saturated carbocycles. The van der Waals surface area contributed by atoms with Crippen LogP contribution in [0.15, 0.2) is 28.7 Å². The largest absolute Gasteiger partial charge is 0.441 e. The van der Waals surface area contributed by atoms with Crippen molar-refractivity contribution in [2.75, 3.05) is 7.05 Å². The highest BCUT2D eigenvalue weighted by atomic mass is 16.3. The van der Waals surface area contributed by atoms with Crippen molar-refractivity contribution in [3.8, 4) is 0 Å². The van der Waals surface area contributed by atoms with E-state index >= 15 is 0 Å². The van der Waals surface area contributed by atoms with E-state index in [1.54, 1.807) is 0 Å². The molecule has 3 heteroatoms. The maximum absolute atomic E-state index is 5.81. The monoisotopic (exact) mass is 258 g/mol. The van der Waals surface area contributed by atoms with Crippen molar-refractivity contribution in [3.05, 3.63) is 30.2 Å². The summed E-state index contributed by atoms with van der Waals surface area (Å²) in [5.41, 5.74) is 1.86. The number of likely N-dealkylation sites (N-methyl/N-ethyl adjacent to an activating group) is 1. The van der Waals surface area contributed by atoms with Gasteiger partial charge >= 0.3 is 0 Å². The maximum Gasteiger partial charge on any atom is 0.197 e. The van der Waals surface area contributed by atoms with Crippen molar-refractivity contribution in [1.29, 1.82) is 0 Å². The van der Waals surface area contributed by atoms with Gasteiger partial charge in [0, 0.05) is 12.5 Å². The normalized spacial score (nSPS) is 18.2. The molecule has 1 heterocycles. The third-order valence-corrected chi connectivity index (χ3v) is 4.26. The maximum atomic E-state index is 5.81. The van der Waals surface area contributed by atoms with Crippen LogP contribution in [0, 0.1) is 5.92 Å². The fourth-order valence-corrected chi connectivity index (χ4v) is 3.17. The molecule has 2 aromatic rings. The van der Waals surface area contributed by atoms with Crippen molar-refractivity contribution >= 4 is 11.1 Å². The van der Waals surface area contributed by atoms with Gasteiger partial charge < -0.3 is 9.73 Å². The lowest BCUT2D eigenvalue weighted by Gasteiger charge is -2.18. The van der Waals surface area contributed by atoms with Gasteiger partial charge in [0.25, 0.3) is 0 Å². The SMILES string of the molecule is CNC(Cc1nc2ccccc2o1)CC1CCCC1. The Hall–Kier alpha value is -1.35. The van der Waals surface area contributed by atoms with Gasteiger partial charge in [-0.15, -0.1) is 0 Å². The molecule has 1 aromatic carbocycles. The van der Waals surface area contributed by atoms with Crippen LogP contribution < -0.4 is 5.32 Å². The summed E-state index contributed by atoms with van der Waals surface area (Å²) in [4.78, 5) is 4.57. The standard InChI is InChI=1S/C16H22N2O/c1-17-13(10-12-6-2-3-7-12)11-16-18-14-8-4-5-9-15(14)19-16/h4-5,8-9,12-13,17H,2-3,6-7,10-11H2,1H3. The molecule has 0 spiro atoms. The summed E-state index contributed by atoms with van der Waals surface area (Å²) >= 11 is 0. The minimum absolute atomic E-state index is 0.483. The van der Waals surface area contributed by atoms with E-state index in [1.165, 1.54) is 32.1 Å². The average Bonchev–Trinajstić information content (AvgIpc) is 3.06. The summed E-state index contributed by atoms with van der Waals surface area (Å²) in [5.74, 6) is 1.75. The van der Waals surface area contributed by atoms with Gasteiger partial charge in [-0.05, 0) is 31.5 Å². The highest BCUT2D eigenvalue weighted by molar-refractivity contribution is 5.72. The van der Waals surface area contributed by atoms with Crippen molar-refractivity contribution in [1.82, 2.24) is 10.3 Å². The van der Waals surface area contributed by atoms with E-state index in [2.05, 4.69) is 10.3 Å². The number of nitrogens with one attached hydrogen (secondary N) is 1. The number of para-hydroxylation sites is 2. The summed E-state index contributed by atoms with van der Waals surface area (Å²) < 4.78 is 5.81. The van der Waals surface area contributed by atoms with E-state index in [0.29, 0.717) is 6.04 Å². The Balaban J connectivity index is 1.67. The van der Waals surface area contributed by atoms with Crippen LogP contribution in [0.5, 0.6) is 0 Å². The zero-order valence-corrected chi connectivity index (χ0v) is 11.6. The lowest BCUT2D eigenvalue weighted by atomic mass is 9.96. The highest BCUT2D eigenvalue weighted by Gasteiger charge is 2.20. The number of aromatic nitrogens is 1. The smallest absolute Gasteiger partial charge is 0.197 e. The molecule has 1 fully saturated rings. The molecule has 3 nitrogen and oxygen atoms in total. The molecule has 1 atom stereocenters. The zero-order chi connectivity index (χ0) is 13.1. The Morgan fingerprint density at radius 1 is 1.32 bits per heavy atom. The third kappa shape index (κ3) is 2.98. The first-order valence-electron chi connectivity index (χ1n) is 7.37. The lowest BCUT2D eigenvalue weighted by molar-refractivity contribution is 0.378. The fourth-order valence-electron chi connectivity index (χ4n) is 3.17. The molecule has 1 aliphatic carbocycles. The minimum atomic E-state index is 0.483. The minimum Gasteiger partial charge on any atom is -0.441 e. The second-order valence-corrected chi connectivity index (χ2v) is 5.65. The molecule has 0 saturated heterocycles. The quantitative estimate of drug-likeness (QED) is 0.891. The van der Waals surface area contributed by atoms with Crippen molar-refractivity contribution in [3.63, 3.8) is 0 Å². The molecule has 0 bridgehead atoms. The Morgan fingerprint density at radius 3 is 2.84 bits per heavy atom. The van der Waals surface area contributed by atoms with E-state index < -0.39 is 0 Å². The molecule has 3 rings (SSSR count). The zero-order valence-electron chi connectivity index (χ0n) is 11.6. The molecule has 0 radical (unpaired) electrons. The summed E-state index contributed by atoms with van der Waals surface area (Å²) in [6.07, 6.45) is 7.74. The number of fused-ring (bicyclic) bond motifs is 1. The molecular weight excluding hydrogens is 236 g/mol. The third-order valence-electron chi connectivity index (χ3n) is 4.26. The first-order chi connectivity index (χ1) is 9.35. The van der Waals surface area contributed by atoms with E-state index in [0.717, 1.165) is 29.3 Å². The van der Waals surface area contributed by atoms with Gasteiger partial charge in [-0.3, -0.25) is 0 Å². The molecule has 102 valence electrons. The van der Waals surface area contributed by atoms with Gasteiger partial charge in [-0.1, -0.05) is 37.8 Å². The van der Waals surface area contributed by atoms with E-state index in [-0.39, 0.29) is 0 Å². The van der Waals surface area contributed by atoms with Crippen LogP contribution >= 0.6 is 0 Å². The van der Waals surface area contributed by atoms with Crippen LogP contribution in [0.2, 0.25) is 0 Å². The highest BCUT2D eigenvalue weighted by Crippen LogP contribution is 2.29. The van der Waals surface area contributed by atoms with E-state index in [4.69, 9.17) is 4.42 Å². The van der Waals surface area contributed by atoms with Crippen LogP contribution in [-0.4, -0.2) is 18.1 Å². The second-order valence-electron chi connectivity index (χ2n) is 5.65. The number of rotatable bonds is 5. The molecule has 19 heavy (non-hydrogen) atoms. The number of oxazole rings is 1. The van der Waals surface area contributed by atoms with Crippen LogP contribution in [0.1, 0.15) is 38.0 Å². The van der Waals surface area contributed by atoms with E-state index in [9.17, 15) is 0 Å². The van der Waals surface area contributed by atoms with Gasteiger partial charge in [-0.25, -0.2) is 4.98 Å². The second kappa shape index (κ2) is 5.74. The van der Waals surface area contributed by atoms with Gasteiger partial charge in [0.05, 0.1) is 0 Å². The Kier molecular flexibility index (Phi) is 3.83. The molecule has 1 unspecified atom stereocenters. The first kappa shape index (κ1) is 12.7. The van der Waals surface area contributed by atoms with Crippen LogP contribution in [0.4, 0.5) is 0 Å². The molecule has 1 aliphatic rings. The number of benzene rings is 1. The predicted octanol–water partition coefficient (Wildman–Crippen LogP) is 3.54. The van der Waals surface area contributed by atoms with Crippen LogP contribution in [-0.2, 0) is 6.42 Å². The van der Waals surface area contributed by atoms with Crippen LogP contribution in [0.3, 0.4) is 0 Å². The first-order valence-corrected chi connectivity index (χ1v) is 7.37. The average molecular weight is 258 g/mol. The lowest BCUT2D eigenvalue weighted by Crippen LogP contribution is -2.29. The molecule has 0 aliphatic heterocycles. The van der Waals surface area contributed by atoms with Gasteiger partial charge in [0.2, 0.25) is 0 Å². The topological polar surface area (TPSA) is 38.1 Å². The molecule has 1 aromatic heterocycles. The predicted molar refractivity (Wildman–Crippen MR) is 77.1 cm³/mol. The molecule has 1 N–H and O–H groups in total. The molecular formula is C16H22N2O. The Morgan fingerprint density at radius 2 is 2.11 bits per heavy atom. The van der Waals surface area contributed by atoms with Gasteiger partial charge in [0.1, 0.15) is 5.52 Å². The van der Waals surface area contributed by atoms with Crippen molar-refractivity contribution in [2.45, 2.75) is 44.6 Å². The van der Waals surface area contributed by atoms with E-state index in [1.807, 2.05) is 31.3 Å². The summed E-state index contributed by atoms with van der Waals surface area (Å²) in [6, 6.07) is 8.47. The van der Waals surface area contributed by atoms with Gasteiger partial charge in [0.15, 0.2) is 11.5 Å². The Labute approximate surface area is 114 Å². The molecule has 0 amide bonds. The number of hydrogen-bond acceptors (Lipinski definition) is 3. The van der Waals surface area contributed by atoms with Crippen LogP contribution in [0.25, 0.3) is 11.1 Å². The summed E-state index contributed by atoms with van der Waals surface area (Å²) in [6.45, 7) is 0. The summed E-state index contributed by atoms with van der Waals surface area (Å²) in [5, 5.41) is 3.42. The number of nitrogens with zero attached hydrogens (tertiary/aromatic N) is 1. The Bertz CT molecular complexity index is 495. The van der Waals surface area contributed by atoms with Gasteiger partial charge in [-0.2, -0.15) is 0 Å². The number of hydrogen-bond donors (Lipinski definition) is 1. The van der Waals surface area contributed by atoms with Crippen molar-refractivity contribution in [2.24, 2.45) is 5.92 Å².